The third-order valence-corrected chi connectivity index (χ3v) is 2.23. The second-order valence-corrected chi connectivity index (χ2v) is 3.73. The number of sulfonamides is 1. The van der Waals surface area contributed by atoms with Crippen LogP contribution in [0, 0.1) is 0 Å². The zero-order valence-corrected chi connectivity index (χ0v) is 7.30. The average Bonchev–Trinajstić information content (AvgIpc) is 2.03. The van der Waals surface area contributed by atoms with Crippen LogP contribution < -0.4 is 10.5 Å². The molecular formula is C6H9N3O2S. The Hall–Kier alpha value is -1.14. The van der Waals surface area contributed by atoms with Crippen molar-refractivity contribution in [1.29, 1.82) is 0 Å². The van der Waals surface area contributed by atoms with Gasteiger partial charge in [-0.25, -0.2) is 18.5 Å². The number of hydrogen-bond acceptors (Lipinski definition) is 4. The maximum absolute atomic E-state index is 10.8. The predicted octanol–water partition coefficient (Wildman–Crippen LogP) is -0.229. The minimum atomic E-state index is -3.62. The van der Waals surface area contributed by atoms with Crippen LogP contribution in [0.1, 0.15) is 0 Å². The van der Waals surface area contributed by atoms with E-state index in [9.17, 15) is 8.42 Å². The summed E-state index contributed by atoms with van der Waals surface area (Å²) in [6.07, 6.45) is 1.38. The summed E-state index contributed by atoms with van der Waals surface area (Å²) >= 11 is 0. The van der Waals surface area contributed by atoms with Crippen LogP contribution in [0.15, 0.2) is 23.2 Å². The predicted molar refractivity (Wildman–Crippen MR) is 45.2 cm³/mol. The molecule has 0 spiro atoms. The highest BCUT2D eigenvalue weighted by Crippen LogP contribution is 2.09. The maximum Gasteiger partial charge on any atom is 0.238 e. The number of nitrogens with one attached hydrogen (secondary N) is 1. The van der Waals surface area contributed by atoms with Crippen LogP contribution in [0.25, 0.3) is 0 Å². The van der Waals surface area contributed by atoms with E-state index in [0.717, 1.165) is 0 Å². The van der Waals surface area contributed by atoms with Gasteiger partial charge in [-0.05, 0) is 6.07 Å². The molecule has 1 rings (SSSR count). The summed E-state index contributed by atoms with van der Waals surface area (Å²) in [5.41, 5.74) is 0. The molecule has 0 unspecified atom stereocenters. The second-order valence-electron chi connectivity index (χ2n) is 2.17. The summed E-state index contributed by atoms with van der Waals surface area (Å²) in [5.74, 6) is 0.474. The molecule has 1 heterocycles. The molecule has 1 aromatic heterocycles. The van der Waals surface area contributed by atoms with Gasteiger partial charge in [0.1, 0.15) is 5.82 Å². The molecule has 0 radical (unpaired) electrons. The van der Waals surface area contributed by atoms with Gasteiger partial charge in [0.2, 0.25) is 10.0 Å². The Labute approximate surface area is 70.7 Å². The highest BCUT2D eigenvalue weighted by atomic mass is 32.2. The molecule has 6 heteroatoms. The Bertz CT molecular complexity index is 374. The van der Waals surface area contributed by atoms with Gasteiger partial charge in [0.25, 0.3) is 0 Å². The first-order valence-electron chi connectivity index (χ1n) is 3.20. The lowest BCUT2D eigenvalue weighted by Crippen LogP contribution is -2.12. The number of aromatic nitrogens is 1. The minimum Gasteiger partial charge on any atom is -0.373 e. The third-order valence-electron chi connectivity index (χ3n) is 1.32. The van der Waals surface area contributed by atoms with Gasteiger partial charge in [-0.2, -0.15) is 0 Å². The Morgan fingerprint density at radius 2 is 2.25 bits per heavy atom. The number of pyridine rings is 1. The molecule has 0 saturated heterocycles. The van der Waals surface area contributed by atoms with Crippen LogP contribution in [-0.4, -0.2) is 20.4 Å². The van der Waals surface area contributed by atoms with Crippen molar-refractivity contribution in [3.63, 3.8) is 0 Å². The molecule has 0 aliphatic heterocycles. The second kappa shape index (κ2) is 3.08. The van der Waals surface area contributed by atoms with E-state index in [2.05, 4.69) is 10.3 Å². The Kier molecular flexibility index (Phi) is 2.30. The van der Waals surface area contributed by atoms with Crippen molar-refractivity contribution in [1.82, 2.24) is 4.98 Å². The smallest absolute Gasteiger partial charge is 0.238 e. The topological polar surface area (TPSA) is 85.1 Å². The quantitative estimate of drug-likeness (QED) is 0.669. The molecule has 0 amide bonds. The fourth-order valence-corrected chi connectivity index (χ4v) is 1.25. The zero-order valence-electron chi connectivity index (χ0n) is 6.48. The van der Waals surface area contributed by atoms with Gasteiger partial charge >= 0.3 is 0 Å². The first-order chi connectivity index (χ1) is 5.54. The number of hydrogen-bond donors (Lipinski definition) is 2. The monoisotopic (exact) mass is 187 g/mol. The highest BCUT2D eigenvalue weighted by molar-refractivity contribution is 7.89. The highest BCUT2D eigenvalue weighted by Gasteiger charge is 2.07. The molecule has 0 saturated carbocycles. The van der Waals surface area contributed by atoms with Gasteiger partial charge in [-0.3, -0.25) is 0 Å². The van der Waals surface area contributed by atoms with Crippen LogP contribution in [0.5, 0.6) is 0 Å². The number of nitrogens with zero attached hydrogens (tertiary/aromatic N) is 1. The van der Waals surface area contributed by atoms with E-state index in [1.807, 2.05) is 0 Å². The van der Waals surface area contributed by atoms with Gasteiger partial charge < -0.3 is 5.32 Å². The Morgan fingerprint density at radius 3 is 2.75 bits per heavy atom. The van der Waals surface area contributed by atoms with E-state index in [-0.39, 0.29) is 4.90 Å². The lowest BCUT2D eigenvalue weighted by molar-refractivity contribution is 0.597. The van der Waals surface area contributed by atoms with Crippen LogP contribution in [0.4, 0.5) is 5.82 Å². The van der Waals surface area contributed by atoms with E-state index in [4.69, 9.17) is 5.14 Å². The first kappa shape index (κ1) is 8.95. The lowest BCUT2D eigenvalue weighted by Gasteiger charge is -2.00. The van der Waals surface area contributed by atoms with Crippen LogP contribution in [0.2, 0.25) is 0 Å². The van der Waals surface area contributed by atoms with Crippen LogP contribution >= 0.6 is 0 Å². The average molecular weight is 187 g/mol. The summed E-state index contributed by atoms with van der Waals surface area (Å²) in [7, 11) is -1.97. The summed E-state index contributed by atoms with van der Waals surface area (Å²) in [5, 5.41) is 7.61. The summed E-state index contributed by atoms with van der Waals surface area (Å²) in [4.78, 5) is 3.90. The molecule has 0 aliphatic carbocycles. The van der Waals surface area contributed by atoms with E-state index in [0.29, 0.717) is 5.82 Å². The maximum atomic E-state index is 10.8. The molecular weight excluding hydrogens is 178 g/mol. The SMILES string of the molecule is CNc1cc(S(N)(=O)=O)ccn1. The fraction of sp³-hybridized carbons (Fsp3) is 0.167. The van der Waals surface area contributed by atoms with Crippen molar-refractivity contribution in [2.24, 2.45) is 5.14 Å². The molecule has 66 valence electrons. The fourth-order valence-electron chi connectivity index (χ4n) is 0.725. The van der Waals surface area contributed by atoms with Gasteiger partial charge in [0.05, 0.1) is 4.90 Å². The molecule has 5 nitrogen and oxygen atoms in total. The number of primary sulfonamides is 1. The van der Waals surface area contributed by atoms with E-state index >= 15 is 0 Å². The number of anilines is 1. The van der Waals surface area contributed by atoms with E-state index in [1.165, 1.54) is 18.3 Å². The van der Waals surface area contributed by atoms with E-state index < -0.39 is 10.0 Å². The van der Waals surface area contributed by atoms with Crippen molar-refractivity contribution < 1.29 is 8.42 Å². The minimum absolute atomic E-state index is 0.0573. The van der Waals surface area contributed by atoms with Crippen molar-refractivity contribution in [3.8, 4) is 0 Å². The summed E-state index contributed by atoms with van der Waals surface area (Å²) < 4.78 is 21.6. The lowest BCUT2D eigenvalue weighted by atomic mass is 10.5. The standard InChI is InChI=1S/C6H9N3O2S/c1-8-6-4-5(2-3-9-6)12(7,10)11/h2-4H,1H3,(H,8,9)(H2,7,10,11). The molecule has 1 aromatic rings. The third kappa shape index (κ3) is 1.93. The van der Waals surface area contributed by atoms with Crippen LogP contribution in [0.3, 0.4) is 0 Å². The Balaban J connectivity index is 3.20. The van der Waals surface area contributed by atoms with Gasteiger partial charge in [-0.1, -0.05) is 0 Å². The molecule has 0 bridgehead atoms. The largest absolute Gasteiger partial charge is 0.373 e. The number of rotatable bonds is 2. The Morgan fingerprint density at radius 1 is 1.58 bits per heavy atom. The van der Waals surface area contributed by atoms with Crippen molar-refractivity contribution in [3.05, 3.63) is 18.3 Å². The number of nitrogens with two attached hydrogens (primary N) is 1. The van der Waals surface area contributed by atoms with Gasteiger partial charge in [-0.15, -0.1) is 0 Å². The molecule has 0 fully saturated rings. The van der Waals surface area contributed by atoms with Crippen LogP contribution in [-0.2, 0) is 10.0 Å². The van der Waals surface area contributed by atoms with Gasteiger partial charge in [0, 0.05) is 19.3 Å². The van der Waals surface area contributed by atoms with Gasteiger partial charge in [0.15, 0.2) is 0 Å². The van der Waals surface area contributed by atoms with Crippen molar-refractivity contribution >= 4 is 15.8 Å². The summed E-state index contributed by atoms with van der Waals surface area (Å²) in [6.45, 7) is 0. The van der Waals surface area contributed by atoms with Crippen molar-refractivity contribution in [2.75, 3.05) is 12.4 Å². The molecule has 12 heavy (non-hydrogen) atoms. The normalized spacial score (nSPS) is 11.2. The molecule has 3 N–H and O–H groups in total. The zero-order chi connectivity index (χ0) is 9.19. The summed E-state index contributed by atoms with van der Waals surface area (Å²) in [6, 6.07) is 2.71. The molecule has 0 atom stereocenters. The first-order valence-corrected chi connectivity index (χ1v) is 4.75. The molecule has 0 aromatic carbocycles. The van der Waals surface area contributed by atoms with Crippen molar-refractivity contribution in [2.45, 2.75) is 4.90 Å². The molecule has 0 aliphatic rings. The van der Waals surface area contributed by atoms with E-state index in [1.54, 1.807) is 7.05 Å².